The SMILES string of the molecule is CCOC(=O)CC#Cc1ccncc1C. The number of aryl methyl sites for hydroxylation is 1. The van der Waals surface area contributed by atoms with Crippen molar-refractivity contribution in [1.29, 1.82) is 0 Å². The van der Waals surface area contributed by atoms with Gasteiger partial charge in [0.05, 0.1) is 6.61 Å². The van der Waals surface area contributed by atoms with Crippen molar-refractivity contribution in [2.24, 2.45) is 0 Å². The van der Waals surface area contributed by atoms with Crippen molar-refractivity contribution in [1.82, 2.24) is 4.98 Å². The molecule has 1 heterocycles. The van der Waals surface area contributed by atoms with Gasteiger partial charge in [-0.1, -0.05) is 11.8 Å². The number of nitrogens with zero attached hydrogens (tertiary/aromatic N) is 1. The maximum Gasteiger partial charge on any atom is 0.317 e. The van der Waals surface area contributed by atoms with Crippen LogP contribution in [-0.4, -0.2) is 17.6 Å². The van der Waals surface area contributed by atoms with Gasteiger partial charge in [0.25, 0.3) is 0 Å². The fourth-order valence-corrected chi connectivity index (χ4v) is 1.04. The van der Waals surface area contributed by atoms with E-state index in [1.54, 1.807) is 19.3 Å². The number of pyridine rings is 1. The first-order chi connectivity index (χ1) is 7.24. The van der Waals surface area contributed by atoms with Gasteiger partial charge in [0.1, 0.15) is 6.42 Å². The summed E-state index contributed by atoms with van der Waals surface area (Å²) in [5.74, 6) is 5.41. The van der Waals surface area contributed by atoms with E-state index in [2.05, 4.69) is 16.8 Å². The molecule has 0 bridgehead atoms. The van der Waals surface area contributed by atoms with Gasteiger partial charge in [0.2, 0.25) is 0 Å². The van der Waals surface area contributed by atoms with E-state index in [-0.39, 0.29) is 12.4 Å². The van der Waals surface area contributed by atoms with Crippen molar-refractivity contribution in [2.75, 3.05) is 6.61 Å². The molecule has 0 saturated carbocycles. The molecule has 0 fully saturated rings. The Morgan fingerprint density at radius 1 is 1.60 bits per heavy atom. The number of carbonyl (C=O) groups is 1. The first kappa shape index (κ1) is 11.3. The third-order valence-corrected chi connectivity index (χ3v) is 1.78. The second-order valence-corrected chi connectivity index (χ2v) is 2.97. The van der Waals surface area contributed by atoms with E-state index in [0.717, 1.165) is 11.1 Å². The third kappa shape index (κ3) is 3.82. The molecule has 0 radical (unpaired) electrons. The second-order valence-electron chi connectivity index (χ2n) is 2.97. The quantitative estimate of drug-likeness (QED) is 0.542. The van der Waals surface area contributed by atoms with E-state index in [4.69, 9.17) is 4.74 Å². The van der Waals surface area contributed by atoms with Crippen LogP contribution in [0.1, 0.15) is 24.5 Å². The number of carbonyl (C=O) groups excluding carboxylic acids is 1. The lowest BCUT2D eigenvalue weighted by molar-refractivity contribution is -0.141. The van der Waals surface area contributed by atoms with Crippen LogP contribution >= 0.6 is 0 Å². The van der Waals surface area contributed by atoms with E-state index in [0.29, 0.717) is 6.61 Å². The summed E-state index contributed by atoms with van der Waals surface area (Å²) in [7, 11) is 0. The highest BCUT2D eigenvalue weighted by molar-refractivity contribution is 5.72. The molecule has 0 unspecified atom stereocenters. The number of hydrogen-bond donors (Lipinski definition) is 0. The van der Waals surface area contributed by atoms with Gasteiger partial charge in [-0.2, -0.15) is 0 Å². The number of hydrogen-bond acceptors (Lipinski definition) is 3. The van der Waals surface area contributed by atoms with Gasteiger partial charge >= 0.3 is 5.97 Å². The van der Waals surface area contributed by atoms with Crippen LogP contribution in [0.4, 0.5) is 0 Å². The monoisotopic (exact) mass is 203 g/mol. The van der Waals surface area contributed by atoms with Crippen LogP contribution in [0.25, 0.3) is 0 Å². The molecule has 0 aliphatic carbocycles. The molecular weight excluding hydrogens is 190 g/mol. The van der Waals surface area contributed by atoms with Crippen molar-refractivity contribution in [3.8, 4) is 11.8 Å². The van der Waals surface area contributed by atoms with Crippen LogP contribution < -0.4 is 0 Å². The molecular formula is C12H13NO2. The van der Waals surface area contributed by atoms with E-state index in [9.17, 15) is 4.79 Å². The van der Waals surface area contributed by atoms with Crippen molar-refractivity contribution < 1.29 is 9.53 Å². The third-order valence-electron chi connectivity index (χ3n) is 1.78. The summed E-state index contributed by atoms with van der Waals surface area (Å²) in [4.78, 5) is 14.9. The summed E-state index contributed by atoms with van der Waals surface area (Å²) in [5.41, 5.74) is 1.91. The fraction of sp³-hybridized carbons (Fsp3) is 0.333. The summed E-state index contributed by atoms with van der Waals surface area (Å²) < 4.78 is 4.76. The largest absolute Gasteiger partial charge is 0.465 e. The van der Waals surface area contributed by atoms with Crippen LogP contribution in [0.15, 0.2) is 18.5 Å². The van der Waals surface area contributed by atoms with Crippen molar-refractivity contribution >= 4 is 5.97 Å². The number of ether oxygens (including phenoxy) is 1. The Morgan fingerprint density at radius 2 is 2.40 bits per heavy atom. The standard InChI is InChI=1S/C12H13NO2/c1-3-15-12(14)6-4-5-11-7-8-13-9-10(11)2/h7-9H,3,6H2,1-2H3. The Balaban J connectivity index is 2.59. The van der Waals surface area contributed by atoms with E-state index >= 15 is 0 Å². The summed E-state index contributed by atoms with van der Waals surface area (Å²) in [6.07, 6.45) is 3.56. The zero-order chi connectivity index (χ0) is 11.1. The van der Waals surface area contributed by atoms with E-state index < -0.39 is 0 Å². The molecule has 1 aromatic rings. The Kier molecular flexibility index (Phi) is 4.36. The van der Waals surface area contributed by atoms with Crippen molar-refractivity contribution in [3.63, 3.8) is 0 Å². The normalized spacial score (nSPS) is 8.93. The van der Waals surface area contributed by atoms with Gasteiger partial charge in [-0.3, -0.25) is 9.78 Å². The molecule has 0 saturated heterocycles. The minimum absolute atomic E-state index is 0.135. The second kappa shape index (κ2) is 5.82. The lowest BCUT2D eigenvalue weighted by atomic mass is 10.1. The lowest BCUT2D eigenvalue weighted by Crippen LogP contribution is -2.01. The number of rotatable bonds is 2. The fourth-order valence-electron chi connectivity index (χ4n) is 1.04. The summed E-state index contributed by atoms with van der Waals surface area (Å²) >= 11 is 0. The van der Waals surface area contributed by atoms with Crippen LogP contribution in [0.3, 0.4) is 0 Å². The molecule has 0 N–H and O–H groups in total. The molecule has 0 spiro atoms. The lowest BCUT2D eigenvalue weighted by Gasteiger charge is -1.96. The van der Waals surface area contributed by atoms with Crippen LogP contribution in [0, 0.1) is 18.8 Å². The van der Waals surface area contributed by atoms with Gasteiger partial charge < -0.3 is 4.74 Å². The van der Waals surface area contributed by atoms with Crippen LogP contribution in [-0.2, 0) is 9.53 Å². The Morgan fingerprint density at radius 3 is 3.07 bits per heavy atom. The molecule has 0 atom stereocenters. The van der Waals surface area contributed by atoms with Crippen LogP contribution in [0.5, 0.6) is 0 Å². The molecule has 15 heavy (non-hydrogen) atoms. The average molecular weight is 203 g/mol. The van der Waals surface area contributed by atoms with Gasteiger partial charge in [0.15, 0.2) is 0 Å². The molecule has 0 aliphatic rings. The van der Waals surface area contributed by atoms with Gasteiger partial charge in [-0.25, -0.2) is 0 Å². The molecule has 3 nitrogen and oxygen atoms in total. The predicted molar refractivity (Wildman–Crippen MR) is 57.1 cm³/mol. The summed E-state index contributed by atoms with van der Waals surface area (Å²) in [5, 5.41) is 0. The Bertz CT molecular complexity index is 402. The number of esters is 1. The number of aromatic nitrogens is 1. The molecule has 1 rings (SSSR count). The summed E-state index contributed by atoms with van der Waals surface area (Å²) in [6, 6.07) is 1.83. The highest BCUT2D eigenvalue weighted by Crippen LogP contribution is 2.02. The van der Waals surface area contributed by atoms with Gasteiger partial charge in [-0.05, 0) is 25.5 Å². The molecule has 1 aromatic heterocycles. The average Bonchev–Trinajstić information content (AvgIpc) is 2.21. The van der Waals surface area contributed by atoms with E-state index in [1.165, 1.54) is 0 Å². The molecule has 0 amide bonds. The molecule has 78 valence electrons. The zero-order valence-corrected chi connectivity index (χ0v) is 8.91. The van der Waals surface area contributed by atoms with Gasteiger partial charge in [-0.15, -0.1) is 0 Å². The maximum atomic E-state index is 11.0. The van der Waals surface area contributed by atoms with Gasteiger partial charge in [0, 0.05) is 18.0 Å². The molecule has 0 aliphatic heterocycles. The first-order valence-corrected chi connectivity index (χ1v) is 4.79. The maximum absolute atomic E-state index is 11.0. The molecule has 0 aromatic carbocycles. The van der Waals surface area contributed by atoms with E-state index in [1.807, 2.05) is 13.0 Å². The Hall–Kier alpha value is -1.82. The predicted octanol–water partition coefficient (Wildman–Crippen LogP) is 1.69. The van der Waals surface area contributed by atoms with Crippen molar-refractivity contribution in [2.45, 2.75) is 20.3 Å². The molecule has 3 heteroatoms. The minimum Gasteiger partial charge on any atom is -0.465 e. The summed E-state index contributed by atoms with van der Waals surface area (Å²) in [6.45, 7) is 4.11. The minimum atomic E-state index is -0.281. The van der Waals surface area contributed by atoms with Crippen LogP contribution in [0.2, 0.25) is 0 Å². The zero-order valence-electron chi connectivity index (χ0n) is 8.91. The Labute approximate surface area is 89.5 Å². The first-order valence-electron chi connectivity index (χ1n) is 4.79. The topological polar surface area (TPSA) is 39.2 Å². The smallest absolute Gasteiger partial charge is 0.317 e. The highest BCUT2D eigenvalue weighted by atomic mass is 16.5. The highest BCUT2D eigenvalue weighted by Gasteiger charge is 1.96. The van der Waals surface area contributed by atoms with Crippen molar-refractivity contribution in [3.05, 3.63) is 29.6 Å².